The van der Waals surface area contributed by atoms with Gasteiger partial charge in [-0.25, -0.2) is 0 Å². The predicted molar refractivity (Wildman–Crippen MR) is 145 cm³/mol. The Labute approximate surface area is 220 Å². The summed E-state index contributed by atoms with van der Waals surface area (Å²) in [4.78, 5) is 12.9. The molecule has 0 aliphatic carbocycles. The van der Waals surface area contributed by atoms with Crippen LogP contribution >= 0.6 is 28.1 Å². The Morgan fingerprint density at radius 2 is 1.66 bits per heavy atom. The number of halogens is 1. The zero-order valence-corrected chi connectivity index (χ0v) is 22.2. The predicted octanol–water partition coefficient (Wildman–Crippen LogP) is 5.67. The van der Waals surface area contributed by atoms with Crippen molar-refractivity contribution in [2.75, 3.05) is 20.3 Å². The summed E-state index contributed by atoms with van der Waals surface area (Å²) in [6.07, 6.45) is 1.65. The van der Waals surface area contributed by atoms with Crippen LogP contribution in [0.3, 0.4) is 0 Å². The maximum atomic E-state index is 12.9. The minimum atomic E-state index is -0.348. The number of amides is 1. The van der Waals surface area contributed by atoms with Gasteiger partial charge >= 0.3 is 0 Å². The quantitative estimate of drug-likeness (QED) is 0.296. The number of hydrogen-bond acceptors (Lipinski definition) is 5. The molecule has 0 saturated carbocycles. The van der Waals surface area contributed by atoms with E-state index in [1.165, 1.54) is 5.56 Å². The first-order chi connectivity index (χ1) is 17.0. The first-order valence-electron chi connectivity index (χ1n) is 11.3. The molecule has 6 nitrogen and oxygen atoms in total. The number of benzene rings is 3. The van der Waals surface area contributed by atoms with E-state index >= 15 is 0 Å². The first-order valence-corrected chi connectivity index (χ1v) is 12.6. The Morgan fingerprint density at radius 3 is 2.40 bits per heavy atom. The van der Waals surface area contributed by atoms with Crippen molar-refractivity contribution in [2.45, 2.75) is 26.3 Å². The maximum absolute atomic E-state index is 12.9. The molecule has 0 saturated heterocycles. The number of carbonyl (C=O) groups is 1. The Hall–Kier alpha value is -3.10. The van der Waals surface area contributed by atoms with E-state index in [1.807, 2.05) is 61.5 Å². The second-order valence-electron chi connectivity index (χ2n) is 7.70. The van der Waals surface area contributed by atoms with Crippen molar-refractivity contribution in [1.82, 2.24) is 10.6 Å². The lowest BCUT2D eigenvalue weighted by atomic mass is 10.1. The maximum Gasteiger partial charge on any atom is 0.261 e. The Bertz CT molecular complexity index is 1140. The molecule has 0 bridgehead atoms. The molecule has 0 radical (unpaired) electrons. The third-order valence-corrected chi connectivity index (χ3v) is 5.79. The molecule has 1 amide bonds. The summed E-state index contributed by atoms with van der Waals surface area (Å²) in [5.74, 6) is 1.50. The van der Waals surface area contributed by atoms with Gasteiger partial charge in [0.25, 0.3) is 5.91 Å². The summed E-state index contributed by atoms with van der Waals surface area (Å²) in [6, 6.07) is 21.1. The van der Waals surface area contributed by atoms with Crippen molar-refractivity contribution in [3.63, 3.8) is 0 Å². The molecular formula is C27H29BrN2O4S. The zero-order valence-electron chi connectivity index (χ0n) is 19.8. The van der Waals surface area contributed by atoms with Gasteiger partial charge in [0.2, 0.25) is 0 Å². The van der Waals surface area contributed by atoms with E-state index in [1.54, 1.807) is 19.2 Å². The van der Waals surface area contributed by atoms with Crippen LogP contribution in [-0.2, 0) is 13.0 Å². The molecule has 2 N–H and O–H groups in total. The van der Waals surface area contributed by atoms with E-state index in [-0.39, 0.29) is 11.0 Å². The van der Waals surface area contributed by atoms with Crippen LogP contribution < -0.4 is 24.8 Å². The van der Waals surface area contributed by atoms with Crippen LogP contribution in [0.25, 0.3) is 0 Å². The summed E-state index contributed by atoms with van der Waals surface area (Å²) in [7, 11) is 1.60. The van der Waals surface area contributed by atoms with Crippen molar-refractivity contribution in [2.24, 2.45) is 0 Å². The minimum Gasteiger partial charge on any atom is -0.493 e. The summed E-state index contributed by atoms with van der Waals surface area (Å²) in [6.45, 7) is 3.54. The van der Waals surface area contributed by atoms with Crippen LogP contribution in [0.2, 0.25) is 0 Å². The summed E-state index contributed by atoms with van der Waals surface area (Å²) in [5.41, 5.74) is 2.51. The van der Waals surface area contributed by atoms with Crippen molar-refractivity contribution in [1.29, 1.82) is 0 Å². The van der Waals surface area contributed by atoms with Gasteiger partial charge in [0.05, 0.1) is 25.9 Å². The molecule has 35 heavy (non-hydrogen) atoms. The molecule has 3 rings (SSSR count). The molecule has 0 atom stereocenters. The third-order valence-electron chi connectivity index (χ3n) is 5.05. The van der Waals surface area contributed by atoms with Crippen molar-refractivity contribution >= 4 is 39.2 Å². The Morgan fingerprint density at radius 1 is 0.914 bits per heavy atom. The van der Waals surface area contributed by atoms with Gasteiger partial charge in [0.15, 0.2) is 16.6 Å². The highest BCUT2D eigenvalue weighted by atomic mass is 79.9. The number of ether oxygens (including phenoxy) is 3. The fraction of sp³-hybridized carbons (Fsp3) is 0.259. The van der Waals surface area contributed by atoms with E-state index in [0.717, 1.165) is 22.9 Å². The van der Waals surface area contributed by atoms with Gasteiger partial charge < -0.3 is 19.5 Å². The highest BCUT2D eigenvalue weighted by molar-refractivity contribution is 9.10. The smallest absolute Gasteiger partial charge is 0.261 e. The van der Waals surface area contributed by atoms with E-state index in [9.17, 15) is 4.79 Å². The SMILES string of the molecule is CCCOc1ccc(CNC(=S)NC(=O)c2cc(Br)ccc2OCCc2ccccc2)cc1OC. The van der Waals surface area contributed by atoms with Gasteiger partial charge in [0, 0.05) is 17.4 Å². The normalized spacial score (nSPS) is 10.4. The summed E-state index contributed by atoms with van der Waals surface area (Å²) in [5, 5.41) is 6.02. The molecule has 8 heteroatoms. The van der Waals surface area contributed by atoms with E-state index in [4.69, 9.17) is 26.4 Å². The number of carbonyl (C=O) groups excluding carboxylic acids is 1. The molecule has 184 valence electrons. The number of hydrogen-bond donors (Lipinski definition) is 2. The molecular weight excluding hydrogens is 528 g/mol. The van der Waals surface area contributed by atoms with Crippen LogP contribution in [-0.4, -0.2) is 31.3 Å². The highest BCUT2D eigenvalue weighted by Gasteiger charge is 2.15. The van der Waals surface area contributed by atoms with Gasteiger partial charge in [-0.1, -0.05) is 59.3 Å². The summed E-state index contributed by atoms with van der Waals surface area (Å²) < 4.78 is 17.8. The van der Waals surface area contributed by atoms with Crippen LogP contribution in [0, 0.1) is 0 Å². The summed E-state index contributed by atoms with van der Waals surface area (Å²) >= 11 is 8.78. The minimum absolute atomic E-state index is 0.218. The molecule has 0 unspecified atom stereocenters. The molecule has 0 fully saturated rings. The van der Waals surface area contributed by atoms with Crippen LogP contribution in [0.5, 0.6) is 17.2 Å². The second kappa shape index (κ2) is 13.7. The molecule has 3 aromatic carbocycles. The fourth-order valence-electron chi connectivity index (χ4n) is 3.28. The second-order valence-corrected chi connectivity index (χ2v) is 9.02. The van der Waals surface area contributed by atoms with Gasteiger partial charge in [-0.2, -0.15) is 0 Å². The monoisotopic (exact) mass is 556 g/mol. The number of methoxy groups -OCH3 is 1. The van der Waals surface area contributed by atoms with Gasteiger partial charge in [0.1, 0.15) is 5.75 Å². The molecule has 0 heterocycles. The molecule has 0 aromatic heterocycles. The van der Waals surface area contributed by atoms with Gasteiger partial charge in [-0.3, -0.25) is 10.1 Å². The molecule has 3 aromatic rings. The topological polar surface area (TPSA) is 68.8 Å². The first kappa shape index (κ1) is 26.5. The van der Waals surface area contributed by atoms with E-state index in [0.29, 0.717) is 42.6 Å². The average molecular weight is 558 g/mol. The number of thiocarbonyl (C=S) groups is 1. The van der Waals surface area contributed by atoms with Gasteiger partial charge in [-0.05, 0) is 60.1 Å². The molecule has 0 aliphatic heterocycles. The standard InChI is InChI=1S/C27H29BrN2O4S/c1-3-14-33-24-11-9-20(16-25(24)32-2)18-29-27(35)30-26(31)22-17-21(28)10-12-23(22)34-15-13-19-7-5-4-6-8-19/h4-12,16-17H,3,13-15,18H2,1-2H3,(H2,29,30,31,35). The number of nitrogens with one attached hydrogen (secondary N) is 2. The third kappa shape index (κ3) is 8.26. The average Bonchev–Trinajstić information content (AvgIpc) is 2.87. The van der Waals surface area contributed by atoms with E-state index < -0.39 is 0 Å². The fourth-order valence-corrected chi connectivity index (χ4v) is 3.81. The Balaban J connectivity index is 1.57. The van der Waals surface area contributed by atoms with Crippen LogP contribution in [0.15, 0.2) is 71.2 Å². The van der Waals surface area contributed by atoms with E-state index in [2.05, 4.69) is 26.6 Å². The Kier molecular flexibility index (Phi) is 10.4. The van der Waals surface area contributed by atoms with Crippen molar-refractivity contribution < 1.29 is 19.0 Å². The lowest BCUT2D eigenvalue weighted by Crippen LogP contribution is -2.39. The van der Waals surface area contributed by atoms with Crippen molar-refractivity contribution in [3.05, 3.63) is 87.9 Å². The molecule has 0 spiro atoms. The largest absolute Gasteiger partial charge is 0.493 e. The lowest BCUT2D eigenvalue weighted by Gasteiger charge is -2.15. The van der Waals surface area contributed by atoms with Gasteiger partial charge in [-0.15, -0.1) is 0 Å². The number of rotatable bonds is 11. The van der Waals surface area contributed by atoms with Crippen LogP contribution in [0.4, 0.5) is 0 Å². The van der Waals surface area contributed by atoms with Crippen molar-refractivity contribution in [3.8, 4) is 17.2 Å². The lowest BCUT2D eigenvalue weighted by molar-refractivity contribution is 0.0972. The van der Waals surface area contributed by atoms with Crippen LogP contribution in [0.1, 0.15) is 34.8 Å². The molecule has 0 aliphatic rings. The highest BCUT2D eigenvalue weighted by Crippen LogP contribution is 2.28. The zero-order chi connectivity index (χ0) is 25.0.